The number of nitriles is 1. The van der Waals surface area contributed by atoms with E-state index in [9.17, 15) is 0 Å². The second kappa shape index (κ2) is 6.27. The van der Waals surface area contributed by atoms with E-state index in [2.05, 4.69) is 30.1 Å². The highest BCUT2D eigenvalue weighted by Crippen LogP contribution is 2.23. The van der Waals surface area contributed by atoms with Crippen LogP contribution in [0.2, 0.25) is 5.02 Å². The molecule has 1 aromatic rings. The van der Waals surface area contributed by atoms with Crippen LogP contribution >= 0.6 is 11.6 Å². The van der Waals surface area contributed by atoms with Crippen molar-refractivity contribution >= 4 is 17.3 Å². The van der Waals surface area contributed by atoms with E-state index in [1.807, 2.05) is 6.07 Å². The first kappa shape index (κ1) is 14.2. The molecule has 102 valence electrons. The second-order valence-corrected chi connectivity index (χ2v) is 5.86. The molecule has 0 amide bonds. The van der Waals surface area contributed by atoms with E-state index < -0.39 is 0 Å². The van der Waals surface area contributed by atoms with Crippen LogP contribution in [0.3, 0.4) is 0 Å². The molecule has 4 heteroatoms. The summed E-state index contributed by atoms with van der Waals surface area (Å²) in [6.45, 7) is 7.68. The molecule has 0 bridgehead atoms. The first-order valence-corrected chi connectivity index (χ1v) is 7.15. The molecule has 3 nitrogen and oxygen atoms in total. The first-order valence-electron chi connectivity index (χ1n) is 6.77. The minimum Gasteiger partial charge on any atom is -0.384 e. The summed E-state index contributed by atoms with van der Waals surface area (Å²) in [6, 6.07) is 8.15. The number of hydrogen-bond acceptors (Lipinski definition) is 3. The highest BCUT2D eigenvalue weighted by Gasteiger charge is 2.23. The monoisotopic (exact) mass is 277 g/mol. The van der Waals surface area contributed by atoms with Crippen molar-refractivity contribution in [3.63, 3.8) is 0 Å². The van der Waals surface area contributed by atoms with Gasteiger partial charge in [0.1, 0.15) is 6.07 Å². The van der Waals surface area contributed by atoms with Crippen LogP contribution in [0.1, 0.15) is 25.8 Å². The largest absolute Gasteiger partial charge is 0.384 e. The number of hydrogen-bond donors (Lipinski definition) is 1. The van der Waals surface area contributed by atoms with Crippen LogP contribution in [-0.4, -0.2) is 30.6 Å². The van der Waals surface area contributed by atoms with Crippen LogP contribution in [-0.2, 0) is 0 Å². The van der Waals surface area contributed by atoms with E-state index in [4.69, 9.17) is 16.9 Å². The van der Waals surface area contributed by atoms with Crippen molar-refractivity contribution in [2.24, 2.45) is 5.92 Å². The van der Waals surface area contributed by atoms with Crippen molar-refractivity contribution in [1.29, 1.82) is 5.26 Å². The van der Waals surface area contributed by atoms with Gasteiger partial charge in [0.05, 0.1) is 11.3 Å². The van der Waals surface area contributed by atoms with Gasteiger partial charge in [-0.25, -0.2) is 0 Å². The van der Waals surface area contributed by atoms with Gasteiger partial charge in [0.25, 0.3) is 0 Å². The van der Waals surface area contributed by atoms with Crippen molar-refractivity contribution in [2.75, 3.05) is 25.0 Å². The fourth-order valence-electron chi connectivity index (χ4n) is 2.51. The number of likely N-dealkylation sites (tertiary alicyclic amines) is 1. The maximum Gasteiger partial charge on any atom is 0.101 e. The molecule has 1 aromatic carbocycles. The molecule has 0 radical (unpaired) electrons. The number of halogens is 1. The van der Waals surface area contributed by atoms with Crippen LogP contribution in [0.4, 0.5) is 5.69 Å². The number of anilines is 1. The van der Waals surface area contributed by atoms with Gasteiger partial charge >= 0.3 is 0 Å². The minimum atomic E-state index is 0.617. The molecule has 0 spiro atoms. The Bertz CT molecular complexity index is 479. The van der Waals surface area contributed by atoms with E-state index in [1.54, 1.807) is 12.1 Å². The molecule has 1 aliphatic rings. The molecular formula is C15H20ClN3. The number of benzene rings is 1. The molecule has 0 saturated carbocycles. The van der Waals surface area contributed by atoms with Gasteiger partial charge < -0.3 is 10.2 Å². The van der Waals surface area contributed by atoms with Gasteiger partial charge in [0.15, 0.2) is 0 Å². The maximum atomic E-state index is 9.07. The number of rotatable bonds is 4. The Morgan fingerprint density at radius 1 is 1.53 bits per heavy atom. The van der Waals surface area contributed by atoms with Crippen molar-refractivity contribution in [1.82, 2.24) is 4.90 Å². The van der Waals surface area contributed by atoms with Gasteiger partial charge in [-0.3, -0.25) is 0 Å². The SMILES string of the molecule is CC(C)N1CCC(CNc2cc(Cl)ccc2C#N)C1. The first-order chi connectivity index (χ1) is 9.10. The van der Waals surface area contributed by atoms with Crippen molar-refractivity contribution < 1.29 is 0 Å². The standard InChI is InChI=1S/C15H20ClN3/c1-11(2)19-6-5-12(10-19)9-18-15-7-14(16)4-3-13(15)8-17/h3-4,7,11-12,18H,5-6,9-10H2,1-2H3. The van der Waals surface area contributed by atoms with Crippen molar-refractivity contribution in [3.8, 4) is 6.07 Å². The summed E-state index contributed by atoms with van der Waals surface area (Å²) in [7, 11) is 0. The third-order valence-corrected chi connectivity index (χ3v) is 3.97. The Kier molecular flexibility index (Phi) is 4.68. The lowest BCUT2D eigenvalue weighted by molar-refractivity contribution is 0.266. The second-order valence-electron chi connectivity index (χ2n) is 5.43. The Hall–Kier alpha value is -1.24. The quantitative estimate of drug-likeness (QED) is 0.917. The Balaban J connectivity index is 1.93. The van der Waals surface area contributed by atoms with Gasteiger partial charge in [-0.15, -0.1) is 0 Å². The zero-order valence-electron chi connectivity index (χ0n) is 11.5. The van der Waals surface area contributed by atoms with Gasteiger partial charge in [-0.2, -0.15) is 5.26 Å². The zero-order valence-corrected chi connectivity index (χ0v) is 12.2. The molecule has 1 fully saturated rings. The van der Waals surface area contributed by atoms with Crippen LogP contribution in [0.5, 0.6) is 0 Å². The normalized spacial score (nSPS) is 19.6. The fraction of sp³-hybridized carbons (Fsp3) is 0.533. The summed E-state index contributed by atoms with van der Waals surface area (Å²) in [5.74, 6) is 0.646. The summed E-state index contributed by atoms with van der Waals surface area (Å²) in [5.41, 5.74) is 1.50. The van der Waals surface area contributed by atoms with Crippen LogP contribution in [0.25, 0.3) is 0 Å². The number of nitrogens with zero attached hydrogens (tertiary/aromatic N) is 2. The summed E-state index contributed by atoms with van der Waals surface area (Å²) in [4.78, 5) is 2.50. The molecule has 1 unspecified atom stereocenters. The predicted octanol–water partition coefficient (Wildman–Crippen LogP) is 3.35. The molecule has 1 heterocycles. The minimum absolute atomic E-state index is 0.617. The zero-order chi connectivity index (χ0) is 13.8. The van der Waals surface area contributed by atoms with E-state index in [0.717, 1.165) is 18.8 Å². The third-order valence-electron chi connectivity index (χ3n) is 3.73. The number of nitrogens with one attached hydrogen (secondary N) is 1. The summed E-state index contributed by atoms with van der Waals surface area (Å²) < 4.78 is 0. The average molecular weight is 278 g/mol. The van der Waals surface area contributed by atoms with E-state index >= 15 is 0 Å². The van der Waals surface area contributed by atoms with Crippen molar-refractivity contribution in [3.05, 3.63) is 28.8 Å². The lowest BCUT2D eigenvalue weighted by Gasteiger charge is -2.20. The predicted molar refractivity (Wildman–Crippen MR) is 79.5 cm³/mol. The highest BCUT2D eigenvalue weighted by molar-refractivity contribution is 6.30. The Morgan fingerprint density at radius 3 is 2.95 bits per heavy atom. The van der Waals surface area contributed by atoms with Crippen LogP contribution < -0.4 is 5.32 Å². The molecule has 2 rings (SSSR count). The smallest absolute Gasteiger partial charge is 0.101 e. The average Bonchev–Trinajstić information content (AvgIpc) is 2.85. The van der Waals surface area contributed by atoms with Crippen LogP contribution in [0, 0.1) is 17.2 Å². The van der Waals surface area contributed by atoms with E-state index in [0.29, 0.717) is 22.5 Å². The molecule has 0 aromatic heterocycles. The van der Waals surface area contributed by atoms with E-state index in [-0.39, 0.29) is 0 Å². The Morgan fingerprint density at radius 2 is 2.32 bits per heavy atom. The van der Waals surface area contributed by atoms with Gasteiger partial charge in [0, 0.05) is 24.2 Å². The topological polar surface area (TPSA) is 39.1 Å². The summed E-state index contributed by atoms with van der Waals surface area (Å²) in [5, 5.41) is 13.1. The molecule has 19 heavy (non-hydrogen) atoms. The highest BCUT2D eigenvalue weighted by atomic mass is 35.5. The van der Waals surface area contributed by atoms with Gasteiger partial charge in [-0.1, -0.05) is 11.6 Å². The van der Waals surface area contributed by atoms with Crippen molar-refractivity contribution in [2.45, 2.75) is 26.3 Å². The van der Waals surface area contributed by atoms with E-state index in [1.165, 1.54) is 13.0 Å². The molecule has 1 saturated heterocycles. The molecular weight excluding hydrogens is 258 g/mol. The van der Waals surface area contributed by atoms with Gasteiger partial charge in [0.2, 0.25) is 0 Å². The molecule has 1 aliphatic heterocycles. The summed E-state index contributed by atoms with van der Waals surface area (Å²) in [6.07, 6.45) is 1.22. The lowest BCUT2D eigenvalue weighted by Crippen LogP contribution is -2.29. The maximum absolute atomic E-state index is 9.07. The fourth-order valence-corrected chi connectivity index (χ4v) is 2.68. The molecule has 0 aliphatic carbocycles. The molecule has 1 atom stereocenters. The summed E-state index contributed by atoms with van der Waals surface area (Å²) >= 11 is 5.98. The Labute approximate surface area is 120 Å². The molecule has 1 N–H and O–H groups in total. The van der Waals surface area contributed by atoms with Gasteiger partial charge in [-0.05, 0) is 50.9 Å². The van der Waals surface area contributed by atoms with Crippen LogP contribution in [0.15, 0.2) is 18.2 Å². The lowest BCUT2D eigenvalue weighted by atomic mass is 10.1. The third kappa shape index (κ3) is 3.62.